The summed E-state index contributed by atoms with van der Waals surface area (Å²) in [6, 6.07) is 0. The molecule has 1 spiro atoms. The van der Waals surface area contributed by atoms with Gasteiger partial charge in [-0.2, -0.15) is 0 Å². The maximum Gasteiger partial charge on any atom is 0.410 e. The van der Waals surface area contributed by atoms with Crippen molar-refractivity contribution in [3.63, 3.8) is 0 Å². The SMILES string of the molecule is CC(C)(C)OC(=O)N1CCCC2(CC(O)C2)C1. The molecule has 0 unspecified atom stereocenters. The van der Waals surface area contributed by atoms with Crippen molar-refractivity contribution < 1.29 is 14.6 Å². The molecule has 1 N–H and O–H groups in total. The second kappa shape index (κ2) is 4.16. The molecule has 1 amide bonds. The summed E-state index contributed by atoms with van der Waals surface area (Å²) in [4.78, 5) is 13.8. The number of hydrogen-bond acceptors (Lipinski definition) is 3. The van der Waals surface area contributed by atoms with Gasteiger partial charge >= 0.3 is 6.09 Å². The van der Waals surface area contributed by atoms with E-state index < -0.39 is 5.60 Å². The van der Waals surface area contributed by atoms with E-state index >= 15 is 0 Å². The molecule has 1 saturated heterocycles. The van der Waals surface area contributed by atoms with Gasteiger partial charge in [0.15, 0.2) is 0 Å². The largest absolute Gasteiger partial charge is 0.444 e. The first kappa shape index (κ1) is 12.7. The van der Waals surface area contributed by atoms with E-state index in [1.165, 1.54) is 0 Å². The number of carbonyl (C=O) groups excluding carboxylic acids is 1. The van der Waals surface area contributed by atoms with Gasteiger partial charge in [0.25, 0.3) is 0 Å². The van der Waals surface area contributed by atoms with Crippen LogP contribution in [0.25, 0.3) is 0 Å². The van der Waals surface area contributed by atoms with Crippen molar-refractivity contribution in [2.75, 3.05) is 13.1 Å². The van der Waals surface area contributed by atoms with Crippen LogP contribution in [0.2, 0.25) is 0 Å². The Balaban J connectivity index is 1.91. The topological polar surface area (TPSA) is 49.8 Å². The molecule has 1 saturated carbocycles. The highest BCUT2D eigenvalue weighted by Crippen LogP contribution is 2.47. The molecule has 0 aromatic carbocycles. The smallest absolute Gasteiger partial charge is 0.410 e. The molecule has 17 heavy (non-hydrogen) atoms. The van der Waals surface area contributed by atoms with Crippen LogP contribution in [0.4, 0.5) is 4.79 Å². The zero-order chi connectivity index (χ0) is 12.7. The molecule has 0 aromatic rings. The average Bonchev–Trinajstić information content (AvgIpc) is 2.13. The highest BCUT2D eigenvalue weighted by Gasteiger charge is 2.47. The van der Waals surface area contributed by atoms with Crippen molar-refractivity contribution in [2.45, 2.75) is 58.2 Å². The lowest BCUT2D eigenvalue weighted by atomic mass is 9.62. The Labute approximate surface area is 103 Å². The number of rotatable bonds is 0. The van der Waals surface area contributed by atoms with E-state index in [2.05, 4.69) is 0 Å². The number of carbonyl (C=O) groups is 1. The van der Waals surface area contributed by atoms with Gasteiger partial charge in [0.1, 0.15) is 5.60 Å². The molecule has 1 heterocycles. The van der Waals surface area contributed by atoms with Gasteiger partial charge in [-0.25, -0.2) is 4.79 Å². The average molecular weight is 241 g/mol. The molecule has 0 atom stereocenters. The van der Waals surface area contributed by atoms with Crippen LogP contribution in [-0.4, -0.2) is 40.9 Å². The Kier molecular flexibility index (Phi) is 3.10. The predicted octanol–water partition coefficient (Wildman–Crippen LogP) is 2.16. The van der Waals surface area contributed by atoms with Gasteiger partial charge in [-0.15, -0.1) is 0 Å². The maximum absolute atomic E-state index is 12.0. The Morgan fingerprint density at radius 1 is 1.41 bits per heavy atom. The van der Waals surface area contributed by atoms with Gasteiger partial charge in [-0.3, -0.25) is 0 Å². The normalized spacial score (nSPS) is 33.4. The number of aliphatic hydroxyl groups excluding tert-OH is 1. The predicted molar refractivity (Wildman–Crippen MR) is 64.7 cm³/mol. The molecule has 2 rings (SSSR count). The first-order valence-electron chi connectivity index (χ1n) is 6.46. The maximum atomic E-state index is 12.0. The van der Waals surface area contributed by atoms with E-state index in [1.807, 2.05) is 20.8 Å². The Morgan fingerprint density at radius 2 is 2.06 bits per heavy atom. The molecular weight excluding hydrogens is 218 g/mol. The second-order valence-corrected chi connectivity index (χ2v) is 6.57. The first-order chi connectivity index (χ1) is 7.80. The third-order valence-corrected chi connectivity index (χ3v) is 3.65. The van der Waals surface area contributed by atoms with Crippen LogP contribution in [0.1, 0.15) is 46.5 Å². The standard InChI is InChI=1S/C13H23NO3/c1-12(2,3)17-11(16)14-6-4-5-13(9-14)7-10(15)8-13/h10,15H,4-9H2,1-3H3. The van der Waals surface area contributed by atoms with Crippen LogP contribution in [0.3, 0.4) is 0 Å². The fraction of sp³-hybridized carbons (Fsp3) is 0.923. The van der Waals surface area contributed by atoms with Gasteiger partial charge < -0.3 is 14.7 Å². The number of ether oxygens (including phenoxy) is 1. The molecule has 98 valence electrons. The zero-order valence-electron chi connectivity index (χ0n) is 11.0. The number of likely N-dealkylation sites (tertiary alicyclic amines) is 1. The number of amides is 1. The molecule has 2 aliphatic rings. The van der Waals surface area contributed by atoms with Crippen LogP contribution in [0.5, 0.6) is 0 Å². The molecule has 4 nitrogen and oxygen atoms in total. The minimum atomic E-state index is -0.430. The number of nitrogens with zero attached hydrogens (tertiary/aromatic N) is 1. The lowest BCUT2D eigenvalue weighted by Crippen LogP contribution is -2.54. The molecule has 2 fully saturated rings. The molecule has 0 bridgehead atoms. The van der Waals surface area contributed by atoms with Crippen LogP contribution < -0.4 is 0 Å². The van der Waals surface area contributed by atoms with E-state index in [1.54, 1.807) is 4.90 Å². The van der Waals surface area contributed by atoms with Crippen molar-refractivity contribution in [1.82, 2.24) is 4.90 Å². The van der Waals surface area contributed by atoms with Gasteiger partial charge in [0, 0.05) is 13.1 Å². The van der Waals surface area contributed by atoms with Crippen molar-refractivity contribution in [3.8, 4) is 0 Å². The van der Waals surface area contributed by atoms with E-state index in [4.69, 9.17) is 4.74 Å². The Hall–Kier alpha value is -0.770. The van der Waals surface area contributed by atoms with Crippen molar-refractivity contribution in [3.05, 3.63) is 0 Å². The van der Waals surface area contributed by atoms with Crippen molar-refractivity contribution >= 4 is 6.09 Å². The Bertz CT molecular complexity index is 297. The minimum Gasteiger partial charge on any atom is -0.444 e. The summed E-state index contributed by atoms with van der Waals surface area (Å²) >= 11 is 0. The molecule has 4 heteroatoms. The van der Waals surface area contributed by atoms with Gasteiger partial charge in [0.05, 0.1) is 6.10 Å². The monoisotopic (exact) mass is 241 g/mol. The van der Waals surface area contributed by atoms with Crippen molar-refractivity contribution in [1.29, 1.82) is 0 Å². The highest BCUT2D eigenvalue weighted by atomic mass is 16.6. The minimum absolute atomic E-state index is 0.159. The fourth-order valence-electron chi connectivity index (χ4n) is 2.96. The molecular formula is C13H23NO3. The van der Waals surface area contributed by atoms with Crippen LogP contribution >= 0.6 is 0 Å². The van der Waals surface area contributed by atoms with Gasteiger partial charge in [-0.05, 0) is 51.9 Å². The number of hydrogen-bond donors (Lipinski definition) is 1. The molecule has 1 aliphatic heterocycles. The highest BCUT2D eigenvalue weighted by molar-refractivity contribution is 5.68. The van der Waals surface area contributed by atoms with Crippen molar-refractivity contribution in [2.24, 2.45) is 5.41 Å². The third-order valence-electron chi connectivity index (χ3n) is 3.65. The van der Waals surface area contributed by atoms with E-state index in [0.717, 1.165) is 38.8 Å². The van der Waals surface area contributed by atoms with E-state index in [9.17, 15) is 9.90 Å². The summed E-state index contributed by atoms with van der Waals surface area (Å²) in [5.74, 6) is 0. The van der Waals surface area contributed by atoms with Gasteiger partial charge in [-0.1, -0.05) is 0 Å². The van der Waals surface area contributed by atoms with Crippen LogP contribution in [-0.2, 0) is 4.74 Å². The lowest BCUT2D eigenvalue weighted by Gasteiger charge is -2.51. The summed E-state index contributed by atoms with van der Waals surface area (Å²) in [5, 5.41) is 9.44. The summed E-state index contributed by atoms with van der Waals surface area (Å²) in [7, 11) is 0. The zero-order valence-corrected chi connectivity index (χ0v) is 11.0. The first-order valence-corrected chi connectivity index (χ1v) is 6.46. The molecule has 0 radical (unpaired) electrons. The summed E-state index contributed by atoms with van der Waals surface area (Å²) in [5.41, 5.74) is -0.255. The Morgan fingerprint density at radius 3 is 2.59 bits per heavy atom. The molecule has 0 aromatic heterocycles. The summed E-state index contributed by atoms with van der Waals surface area (Å²) in [6.45, 7) is 7.19. The summed E-state index contributed by atoms with van der Waals surface area (Å²) in [6.07, 6.45) is 3.46. The quantitative estimate of drug-likeness (QED) is 0.707. The number of aliphatic hydroxyl groups is 1. The number of piperidine rings is 1. The molecule has 1 aliphatic carbocycles. The van der Waals surface area contributed by atoms with Gasteiger partial charge in [0.2, 0.25) is 0 Å². The van der Waals surface area contributed by atoms with E-state index in [0.29, 0.717) is 0 Å². The summed E-state index contributed by atoms with van der Waals surface area (Å²) < 4.78 is 5.39. The lowest BCUT2D eigenvalue weighted by molar-refractivity contribution is -0.0767. The fourth-order valence-corrected chi connectivity index (χ4v) is 2.96. The van der Waals surface area contributed by atoms with Crippen LogP contribution in [0.15, 0.2) is 0 Å². The van der Waals surface area contributed by atoms with Crippen LogP contribution in [0, 0.1) is 5.41 Å². The second-order valence-electron chi connectivity index (χ2n) is 6.57. The van der Waals surface area contributed by atoms with E-state index in [-0.39, 0.29) is 17.6 Å². The third kappa shape index (κ3) is 2.92.